The lowest BCUT2D eigenvalue weighted by Crippen LogP contribution is -2.49. The molecular weight excluding hydrogens is 579 g/mol. The van der Waals surface area contributed by atoms with Gasteiger partial charge in [0.05, 0.1) is 22.2 Å². The molecule has 2 amide bonds. The minimum Gasteiger partial charge on any atom is -0.278 e. The van der Waals surface area contributed by atoms with Gasteiger partial charge in [0.25, 0.3) is 21.4 Å². The number of aromatic nitrogens is 2. The number of imide groups is 1. The van der Waals surface area contributed by atoms with E-state index in [1.165, 1.54) is 12.1 Å². The van der Waals surface area contributed by atoms with Crippen LogP contribution in [0.15, 0.2) is 47.5 Å². The van der Waals surface area contributed by atoms with Crippen LogP contribution in [0.2, 0.25) is 5.02 Å². The molecule has 2 aliphatic heterocycles. The second-order valence-corrected chi connectivity index (χ2v) is 12.1. The topological polar surface area (TPSA) is 129 Å². The maximum absolute atomic E-state index is 13.9. The number of carbonyl (C=O) groups excluding carboxylic acids is 2. The summed E-state index contributed by atoms with van der Waals surface area (Å²) in [6, 6.07) is 7.89. The summed E-state index contributed by atoms with van der Waals surface area (Å²) in [5.74, 6) is -0.635. The van der Waals surface area contributed by atoms with Gasteiger partial charge in [0, 0.05) is 29.5 Å². The molecule has 2 aromatic carbocycles. The van der Waals surface area contributed by atoms with E-state index in [9.17, 15) is 31.2 Å². The van der Waals surface area contributed by atoms with E-state index in [0.29, 0.717) is 28.2 Å². The summed E-state index contributed by atoms with van der Waals surface area (Å²) in [7, 11) is -3.91. The highest BCUT2D eigenvalue weighted by molar-refractivity contribution is 8.18. The van der Waals surface area contributed by atoms with Crippen molar-refractivity contribution in [2.45, 2.75) is 31.5 Å². The van der Waals surface area contributed by atoms with E-state index in [1.807, 2.05) is 0 Å². The molecule has 3 heterocycles. The minimum atomic E-state index is -4.70. The predicted molar refractivity (Wildman–Crippen MR) is 141 cm³/mol. The third-order valence-corrected chi connectivity index (χ3v) is 9.07. The van der Waals surface area contributed by atoms with Gasteiger partial charge in [0.1, 0.15) is 0 Å². The zero-order valence-corrected chi connectivity index (χ0v) is 22.4. The Labute approximate surface area is 230 Å². The number of carbonyl (C=O) groups is 2. The second-order valence-electron chi connectivity index (χ2n) is 9.17. The number of H-pyrrole nitrogens is 1. The first-order valence-electron chi connectivity index (χ1n) is 11.7. The van der Waals surface area contributed by atoms with Crippen LogP contribution < -0.4 is 5.14 Å². The molecule has 0 unspecified atom stereocenters. The average Bonchev–Trinajstić information content (AvgIpc) is 3.45. The Morgan fingerprint density at radius 1 is 1.15 bits per heavy atom. The minimum absolute atomic E-state index is 0.0137. The normalized spacial score (nSPS) is 19.4. The third-order valence-electron chi connectivity index (χ3n) is 6.75. The van der Waals surface area contributed by atoms with Gasteiger partial charge in [0.15, 0.2) is 0 Å². The Bertz CT molecular complexity index is 1620. The van der Waals surface area contributed by atoms with Crippen LogP contribution in [0.1, 0.15) is 29.5 Å². The lowest BCUT2D eigenvalue weighted by Gasteiger charge is -2.33. The molecule has 2 aliphatic rings. The summed E-state index contributed by atoms with van der Waals surface area (Å²) in [5, 5.41) is 12.0. The lowest BCUT2D eigenvalue weighted by molar-refractivity contribution is -0.138. The molecule has 3 N–H and O–H groups in total. The highest BCUT2D eigenvalue weighted by atomic mass is 35.5. The Balaban J connectivity index is 1.56. The van der Waals surface area contributed by atoms with Crippen molar-refractivity contribution in [3.05, 3.63) is 69.2 Å². The zero-order valence-electron chi connectivity index (χ0n) is 20.0. The summed E-state index contributed by atoms with van der Waals surface area (Å²) in [6.45, 7) is 0.0714. The number of nitrogens with zero attached hydrogens (tertiary/aromatic N) is 3. The fraction of sp³-hybridized carbons (Fsp3) is 0.292. The van der Waals surface area contributed by atoms with Crippen molar-refractivity contribution < 1.29 is 31.2 Å². The predicted octanol–water partition coefficient (Wildman–Crippen LogP) is 4.55. The summed E-state index contributed by atoms with van der Waals surface area (Å²) in [4.78, 5) is 27.8. The quantitative estimate of drug-likeness (QED) is 0.414. The maximum Gasteiger partial charge on any atom is 0.416 e. The molecule has 206 valence electrons. The molecule has 0 saturated carbocycles. The number of hydrogen-bond donors (Lipinski definition) is 2. The number of piperidine rings is 1. The van der Waals surface area contributed by atoms with Crippen LogP contribution in [0.5, 0.6) is 0 Å². The van der Waals surface area contributed by atoms with Crippen LogP contribution in [-0.4, -0.2) is 58.1 Å². The summed E-state index contributed by atoms with van der Waals surface area (Å²) < 4.78 is 66.1. The fourth-order valence-electron chi connectivity index (χ4n) is 4.83. The number of amides is 2. The lowest BCUT2D eigenvalue weighted by atomic mass is 9.93. The van der Waals surface area contributed by atoms with Gasteiger partial charge in [-0.2, -0.15) is 31.0 Å². The highest BCUT2D eigenvalue weighted by Gasteiger charge is 2.43. The van der Waals surface area contributed by atoms with Gasteiger partial charge in [-0.05, 0) is 72.0 Å². The van der Waals surface area contributed by atoms with E-state index in [0.717, 1.165) is 15.3 Å². The van der Waals surface area contributed by atoms with Gasteiger partial charge in [-0.3, -0.25) is 19.6 Å². The number of thioether (sulfide) groups is 1. The molecule has 2 saturated heterocycles. The van der Waals surface area contributed by atoms with Crippen molar-refractivity contribution >= 4 is 61.2 Å². The fourth-order valence-corrected chi connectivity index (χ4v) is 6.73. The van der Waals surface area contributed by atoms with Crippen LogP contribution in [0.4, 0.5) is 18.0 Å². The number of alkyl halides is 3. The molecule has 15 heteroatoms. The molecule has 0 bridgehead atoms. The standard InChI is InChI=1S/C24H21ClF3N5O4S2/c25-16-3-1-14(19(11-16)24(26,27)28)10-18(13-2-4-20-15(9-13)12-30-31-20)21-22(34)33(23(35)38-21)17-5-7-32(8-6-17)39(29,36)37/h1-4,9,11-12,17H,5-8,10H2,(H,30,31)(H2,29,36,37)/b21-18-. The number of halogens is 4. The average molecular weight is 600 g/mol. The van der Waals surface area contributed by atoms with Crippen molar-refractivity contribution in [2.24, 2.45) is 5.14 Å². The van der Waals surface area contributed by atoms with Crippen LogP contribution in [0.3, 0.4) is 0 Å². The highest BCUT2D eigenvalue weighted by Crippen LogP contribution is 2.42. The Morgan fingerprint density at radius 2 is 1.87 bits per heavy atom. The molecule has 2 fully saturated rings. The Kier molecular flexibility index (Phi) is 7.26. The van der Waals surface area contributed by atoms with Crippen LogP contribution in [0, 0.1) is 0 Å². The summed E-state index contributed by atoms with van der Waals surface area (Å²) in [5.41, 5.74) is 0.351. The van der Waals surface area contributed by atoms with Crippen LogP contribution in [-0.2, 0) is 27.6 Å². The molecular formula is C24H21ClF3N5O4S2. The molecule has 1 aromatic heterocycles. The van der Waals surface area contributed by atoms with E-state index in [-0.39, 0.29) is 53.4 Å². The van der Waals surface area contributed by atoms with Crippen molar-refractivity contribution in [2.75, 3.05) is 13.1 Å². The number of allylic oxidation sites excluding steroid dienone is 1. The van der Waals surface area contributed by atoms with Gasteiger partial charge in [-0.25, -0.2) is 5.14 Å². The first kappa shape index (κ1) is 27.6. The molecule has 39 heavy (non-hydrogen) atoms. The molecule has 0 radical (unpaired) electrons. The second kappa shape index (κ2) is 10.2. The zero-order chi connectivity index (χ0) is 28.1. The number of benzene rings is 2. The molecule has 0 aliphatic carbocycles. The van der Waals surface area contributed by atoms with Crippen molar-refractivity contribution in [1.82, 2.24) is 19.4 Å². The van der Waals surface area contributed by atoms with Crippen LogP contribution in [0.25, 0.3) is 16.5 Å². The van der Waals surface area contributed by atoms with Crippen molar-refractivity contribution in [3.63, 3.8) is 0 Å². The van der Waals surface area contributed by atoms with Crippen molar-refractivity contribution in [1.29, 1.82) is 0 Å². The van der Waals surface area contributed by atoms with E-state index in [1.54, 1.807) is 24.4 Å². The smallest absolute Gasteiger partial charge is 0.278 e. The van der Waals surface area contributed by atoms with Gasteiger partial charge in [-0.1, -0.05) is 23.7 Å². The molecule has 9 nitrogen and oxygen atoms in total. The molecule has 3 aromatic rings. The summed E-state index contributed by atoms with van der Waals surface area (Å²) >= 11 is 6.52. The molecule has 0 spiro atoms. The molecule has 5 rings (SSSR count). The Morgan fingerprint density at radius 3 is 2.54 bits per heavy atom. The van der Waals surface area contributed by atoms with E-state index < -0.39 is 39.1 Å². The number of hydrogen-bond acceptors (Lipinski definition) is 6. The monoisotopic (exact) mass is 599 g/mol. The van der Waals surface area contributed by atoms with Crippen LogP contribution >= 0.6 is 23.4 Å². The van der Waals surface area contributed by atoms with Gasteiger partial charge in [-0.15, -0.1) is 0 Å². The third kappa shape index (κ3) is 5.57. The largest absolute Gasteiger partial charge is 0.416 e. The molecule has 0 atom stereocenters. The number of rotatable bonds is 5. The summed E-state index contributed by atoms with van der Waals surface area (Å²) in [6.07, 6.45) is -3.07. The maximum atomic E-state index is 13.9. The van der Waals surface area contributed by atoms with Gasteiger partial charge in [0.2, 0.25) is 0 Å². The number of nitrogens with one attached hydrogen (secondary N) is 1. The van der Waals surface area contributed by atoms with E-state index >= 15 is 0 Å². The number of fused-ring (bicyclic) bond motifs is 1. The number of nitrogens with two attached hydrogens (primary N) is 1. The van der Waals surface area contributed by atoms with Gasteiger partial charge >= 0.3 is 6.18 Å². The first-order valence-corrected chi connectivity index (χ1v) is 14.4. The Hall–Kier alpha value is -2.91. The van der Waals surface area contributed by atoms with Gasteiger partial charge < -0.3 is 0 Å². The van der Waals surface area contributed by atoms with Crippen molar-refractivity contribution in [3.8, 4) is 0 Å². The van der Waals surface area contributed by atoms with E-state index in [2.05, 4.69) is 10.2 Å². The number of aromatic amines is 1. The first-order chi connectivity index (χ1) is 18.3. The SMILES string of the molecule is NS(=O)(=O)N1CCC(N2C(=O)S/C(=C(/Cc3ccc(Cl)cc3C(F)(F)F)c3ccc4[nH]ncc4c3)C2=O)CC1. The van der Waals surface area contributed by atoms with E-state index in [4.69, 9.17) is 16.7 Å².